The molecule has 0 amide bonds. The molecule has 7 aromatic rings. The number of aromatic nitrogens is 3. The van der Waals surface area contributed by atoms with Crippen LogP contribution in [0.1, 0.15) is 12.8 Å². The van der Waals surface area contributed by atoms with Gasteiger partial charge in [0.25, 0.3) is 0 Å². The van der Waals surface area contributed by atoms with Gasteiger partial charge in [0.05, 0.1) is 11.2 Å². The number of nitrogens with zero attached hydrogens (tertiary/aromatic N) is 3. The quantitative estimate of drug-likeness (QED) is 0.249. The van der Waals surface area contributed by atoms with Gasteiger partial charge < -0.3 is 0 Å². The Bertz CT molecular complexity index is 2060. The fourth-order valence-corrected chi connectivity index (χ4v) is 7.01. The number of hydrogen-bond acceptors (Lipinski definition) is 3. The van der Waals surface area contributed by atoms with E-state index in [4.69, 9.17) is 9.97 Å². The van der Waals surface area contributed by atoms with Crippen molar-refractivity contribution in [2.45, 2.75) is 12.8 Å². The predicted octanol–water partition coefficient (Wildman–Crippen LogP) is 7.48. The van der Waals surface area contributed by atoms with Crippen LogP contribution in [0.3, 0.4) is 0 Å². The van der Waals surface area contributed by atoms with Gasteiger partial charge in [-0.25, -0.2) is 9.97 Å². The maximum Gasteiger partial charge on any atom is 0.148 e. The van der Waals surface area contributed by atoms with Crippen LogP contribution < -0.4 is 9.75 Å². The monoisotopic (exact) mass is 505 g/mol. The number of rotatable bonds is 3. The molecule has 0 fully saturated rings. The minimum atomic E-state index is 0.878. The minimum Gasteiger partial charge on any atom is -0.278 e. The lowest BCUT2D eigenvalue weighted by Crippen LogP contribution is -2.20. The van der Waals surface area contributed by atoms with Gasteiger partial charge in [0, 0.05) is 37.2 Å². The molecular weight excluding hydrogens is 482 g/mol. The SMILES string of the molecule is C1=c2sc3c(cnc4c3c3ccccc3n4-c3cc(-c4ccccc4)cc(-c4ccccc4)n3)c2=CCC1. The molecule has 180 valence electrons. The van der Waals surface area contributed by atoms with Gasteiger partial charge in [0.15, 0.2) is 0 Å². The van der Waals surface area contributed by atoms with Gasteiger partial charge in [-0.15, -0.1) is 11.3 Å². The zero-order valence-corrected chi connectivity index (χ0v) is 21.5. The Morgan fingerprint density at radius 1 is 0.684 bits per heavy atom. The van der Waals surface area contributed by atoms with Gasteiger partial charge >= 0.3 is 0 Å². The topological polar surface area (TPSA) is 30.7 Å². The first kappa shape index (κ1) is 21.5. The van der Waals surface area contributed by atoms with E-state index < -0.39 is 0 Å². The molecule has 3 aromatic carbocycles. The fourth-order valence-electron chi connectivity index (χ4n) is 5.71. The van der Waals surface area contributed by atoms with E-state index in [1.165, 1.54) is 36.2 Å². The summed E-state index contributed by atoms with van der Waals surface area (Å²) in [7, 11) is 0. The van der Waals surface area contributed by atoms with Crippen LogP contribution in [0.2, 0.25) is 0 Å². The van der Waals surface area contributed by atoms with Crippen molar-refractivity contribution in [1.82, 2.24) is 14.5 Å². The van der Waals surface area contributed by atoms with Crippen LogP contribution in [0.4, 0.5) is 0 Å². The van der Waals surface area contributed by atoms with Crippen molar-refractivity contribution >= 4 is 55.5 Å². The molecule has 4 aromatic heterocycles. The maximum atomic E-state index is 5.23. The standard InChI is InChI=1S/C34H23N3S/c1-3-11-22(12-4-1)24-19-28(23-13-5-2-6-14-23)36-31(20-24)37-29-17-9-7-16-26(29)32-33-27(21-35-34(32)37)25-15-8-10-18-30(25)38-33/h1-7,9,11-21H,8,10H2. The molecule has 3 nitrogen and oxygen atoms in total. The first-order valence-electron chi connectivity index (χ1n) is 13.0. The molecule has 0 radical (unpaired) electrons. The van der Waals surface area contributed by atoms with Crippen LogP contribution in [0.5, 0.6) is 0 Å². The van der Waals surface area contributed by atoms with Crippen molar-refractivity contribution in [1.29, 1.82) is 0 Å². The first-order valence-corrected chi connectivity index (χ1v) is 13.8. The van der Waals surface area contributed by atoms with Crippen LogP contribution in [0.25, 0.3) is 72.4 Å². The molecule has 0 bridgehead atoms. The second kappa shape index (κ2) is 8.51. The van der Waals surface area contributed by atoms with Gasteiger partial charge in [0.1, 0.15) is 11.5 Å². The number of hydrogen-bond donors (Lipinski definition) is 0. The van der Waals surface area contributed by atoms with Gasteiger partial charge in [-0.2, -0.15) is 0 Å². The lowest BCUT2D eigenvalue weighted by atomic mass is 10.0. The van der Waals surface area contributed by atoms with Crippen molar-refractivity contribution in [3.63, 3.8) is 0 Å². The second-order valence-corrected chi connectivity index (χ2v) is 10.8. The first-order chi connectivity index (χ1) is 18.8. The van der Waals surface area contributed by atoms with Crippen LogP contribution in [-0.2, 0) is 0 Å². The Hall–Kier alpha value is -4.54. The van der Waals surface area contributed by atoms with E-state index in [9.17, 15) is 0 Å². The molecule has 8 rings (SSSR count). The summed E-state index contributed by atoms with van der Waals surface area (Å²) in [6.07, 6.45) is 9.02. The average molecular weight is 506 g/mol. The zero-order valence-electron chi connectivity index (χ0n) is 20.6. The van der Waals surface area contributed by atoms with E-state index >= 15 is 0 Å². The number of fused-ring (bicyclic) bond motifs is 7. The largest absolute Gasteiger partial charge is 0.278 e. The molecule has 1 aliphatic carbocycles. The lowest BCUT2D eigenvalue weighted by molar-refractivity contribution is 1.06. The number of benzene rings is 3. The summed E-state index contributed by atoms with van der Waals surface area (Å²) < 4.78 is 4.93. The summed E-state index contributed by atoms with van der Waals surface area (Å²) in [5.74, 6) is 0.878. The van der Waals surface area contributed by atoms with E-state index in [1.807, 2.05) is 17.4 Å². The molecular formula is C34H23N3S. The number of pyridine rings is 2. The van der Waals surface area contributed by atoms with E-state index in [0.29, 0.717) is 0 Å². The third-order valence-electron chi connectivity index (χ3n) is 7.47. The summed E-state index contributed by atoms with van der Waals surface area (Å²) in [4.78, 5) is 10.3. The third kappa shape index (κ3) is 3.27. The van der Waals surface area contributed by atoms with Crippen molar-refractivity contribution in [2.24, 2.45) is 0 Å². The molecule has 0 unspecified atom stereocenters. The van der Waals surface area contributed by atoms with Gasteiger partial charge in [-0.1, -0.05) is 91.0 Å². The number of para-hydroxylation sites is 1. The molecule has 0 aliphatic heterocycles. The highest BCUT2D eigenvalue weighted by Gasteiger charge is 2.20. The van der Waals surface area contributed by atoms with E-state index in [2.05, 4.69) is 114 Å². The normalized spacial score (nSPS) is 12.9. The molecule has 0 saturated carbocycles. The van der Waals surface area contributed by atoms with E-state index in [1.54, 1.807) is 0 Å². The van der Waals surface area contributed by atoms with Crippen molar-refractivity contribution in [3.05, 3.63) is 113 Å². The highest BCUT2D eigenvalue weighted by atomic mass is 32.1. The maximum absolute atomic E-state index is 5.23. The van der Waals surface area contributed by atoms with Crippen molar-refractivity contribution in [2.75, 3.05) is 0 Å². The summed E-state index contributed by atoms with van der Waals surface area (Å²) in [6, 6.07) is 34.0. The third-order valence-corrected chi connectivity index (χ3v) is 8.70. The van der Waals surface area contributed by atoms with Crippen molar-refractivity contribution in [3.8, 4) is 28.2 Å². The Morgan fingerprint density at radius 2 is 1.42 bits per heavy atom. The van der Waals surface area contributed by atoms with Gasteiger partial charge in [-0.05, 0) is 47.4 Å². The highest BCUT2D eigenvalue weighted by molar-refractivity contribution is 7.18. The smallest absolute Gasteiger partial charge is 0.148 e. The Balaban J connectivity index is 1.49. The highest BCUT2D eigenvalue weighted by Crippen LogP contribution is 2.37. The Kier molecular flexibility index (Phi) is 4.82. The van der Waals surface area contributed by atoms with Crippen LogP contribution in [0, 0.1) is 0 Å². The fraction of sp³-hybridized carbons (Fsp3) is 0.0588. The summed E-state index contributed by atoms with van der Waals surface area (Å²) in [5, 5.41) is 5.03. The molecule has 0 spiro atoms. The molecule has 0 atom stereocenters. The molecule has 4 heteroatoms. The Labute approximate surface area is 223 Å². The Morgan fingerprint density at radius 3 is 2.26 bits per heavy atom. The molecule has 4 heterocycles. The van der Waals surface area contributed by atoms with Crippen molar-refractivity contribution < 1.29 is 0 Å². The van der Waals surface area contributed by atoms with Crippen LogP contribution >= 0.6 is 11.3 Å². The van der Waals surface area contributed by atoms with Crippen LogP contribution in [0.15, 0.2) is 103 Å². The molecule has 0 N–H and O–H groups in total. The summed E-state index contributed by atoms with van der Waals surface area (Å²) in [5.41, 5.74) is 6.43. The predicted molar refractivity (Wildman–Crippen MR) is 160 cm³/mol. The van der Waals surface area contributed by atoms with Gasteiger partial charge in [0.2, 0.25) is 0 Å². The van der Waals surface area contributed by atoms with E-state index in [0.717, 1.165) is 46.6 Å². The molecule has 0 saturated heterocycles. The minimum absolute atomic E-state index is 0.878. The summed E-state index contributed by atoms with van der Waals surface area (Å²) in [6.45, 7) is 0. The molecule has 1 aliphatic rings. The second-order valence-electron chi connectivity index (χ2n) is 9.75. The summed E-state index contributed by atoms with van der Waals surface area (Å²) >= 11 is 1.89. The van der Waals surface area contributed by atoms with E-state index in [-0.39, 0.29) is 0 Å². The average Bonchev–Trinajstić information content (AvgIpc) is 3.53. The van der Waals surface area contributed by atoms with Gasteiger partial charge in [-0.3, -0.25) is 4.57 Å². The van der Waals surface area contributed by atoms with Crippen LogP contribution in [-0.4, -0.2) is 14.5 Å². The zero-order chi connectivity index (χ0) is 25.1. The number of thiophene rings is 1. The molecule has 38 heavy (non-hydrogen) atoms. The lowest BCUT2D eigenvalue weighted by Gasteiger charge is -2.12.